The number of guanidine groups is 1. The van der Waals surface area contributed by atoms with Crippen LogP contribution in [0.3, 0.4) is 0 Å². The van der Waals surface area contributed by atoms with Crippen LogP contribution in [0.4, 0.5) is 0 Å². The topological polar surface area (TPSA) is 45.6 Å². The van der Waals surface area contributed by atoms with E-state index >= 15 is 0 Å². The Labute approximate surface area is 154 Å². The van der Waals surface area contributed by atoms with Gasteiger partial charge in [-0.15, -0.1) is 35.3 Å². The number of rotatable bonds is 5. The molecule has 1 spiro atoms. The van der Waals surface area contributed by atoms with Crippen molar-refractivity contribution in [2.75, 3.05) is 13.7 Å². The van der Waals surface area contributed by atoms with Crippen molar-refractivity contribution < 1.29 is 4.74 Å². The number of halogens is 1. The third-order valence-corrected chi connectivity index (χ3v) is 5.86. The molecule has 1 aromatic rings. The molecule has 2 atom stereocenters. The van der Waals surface area contributed by atoms with Gasteiger partial charge in [0.2, 0.25) is 0 Å². The van der Waals surface area contributed by atoms with Crippen LogP contribution in [-0.2, 0) is 11.3 Å². The van der Waals surface area contributed by atoms with Crippen molar-refractivity contribution in [1.29, 1.82) is 0 Å². The number of nitrogens with zero attached hydrogens (tertiary/aromatic N) is 1. The van der Waals surface area contributed by atoms with Crippen LogP contribution in [0.25, 0.3) is 0 Å². The van der Waals surface area contributed by atoms with Crippen LogP contribution >= 0.6 is 35.3 Å². The molecule has 0 radical (unpaired) electrons. The second-order valence-corrected chi connectivity index (χ2v) is 7.00. The van der Waals surface area contributed by atoms with Gasteiger partial charge in [0.1, 0.15) is 0 Å². The fraction of sp³-hybridized carbons (Fsp3) is 0.688. The number of ether oxygens (including phenoxy) is 1. The Bertz CT molecular complexity index is 488. The second kappa shape index (κ2) is 7.97. The molecule has 0 saturated heterocycles. The zero-order chi connectivity index (χ0) is 14.7. The summed E-state index contributed by atoms with van der Waals surface area (Å²) in [5.41, 5.74) is 0.372. The van der Waals surface area contributed by atoms with Crippen LogP contribution < -0.4 is 10.6 Å². The van der Waals surface area contributed by atoms with Crippen LogP contribution in [0.5, 0.6) is 0 Å². The molecule has 0 aromatic carbocycles. The van der Waals surface area contributed by atoms with Crippen LogP contribution in [0, 0.1) is 5.41 Å². The molecule has 124 valence electrons. The molecule has 2 fully saturated rings. The minimum Gasteiger partial charge on any atom is -0.378 e. The fourth-order valence-corrected chi connectivity index (χ4v) is 4.23. The van der Waals surface area contributed by atoms with E-state index in [1.54, 1.807) is 11.3 Å². The van der Waals surface area contributed by atoms with E-state index in [2.05, 4.69) is 40.1 Å². The summed E-state index contributed by atoms with van der Waals surface area (Å²) in [7, 11) is 1.84. The average Bonchev–Trinajstić information content (AvgIpc) is 2.92. The third-order valence-electron chi connectivity index (χ3n) is 4.98. The van der Waals surface area contributed by atoms with Gasteiger partial charge < -0.3 is 15.4 Å². The number of thiophene rings is 1. The molecule has 6 heteroatoms. The number of hydrogen-bond acceptors (Lipinski definition) is 3. The molecule has 2 saturated carbocycles. The Kier molecular flexibility index (Phi) is 6.52. The van der Waals surface area contributed by atoms with Gasteiger partial charge >= 0.3 is 0 Å². The highest BCUT2D eigenvalue weighted by atomic mass is 127. The van der Waals surface area contributed by atoms with Crippen molar-refractivity contribution >= 4 is 41.3 Å². The van der Waals surface area contributed by atoms with Crippen molar-refractivity contribution in [1.82, 2.24) is 10.6 Å². The first-order valence-corrected chi connectivity index (χ1v) is 8.77. The summed E-state index contributed by atoms with van der Waals surface area (Å²) >= 11 is 1.77. The molecule has 0 bridgehead atoms. The quantitative estimate of drug-likeness (QED) is 0.424. The SMILES string of the molecule is CCOC1CC(NC(=NC)NCc2cccs2)C12CCC2.I. The molecule has 1 heterocycles. The van der Waals surface area contributed by atoms with Gasteiger partial charge in [-0.1, -0.05) is 12.5 Å². The lowest BCUT2D eigenvalue weighted by Crippen LogP contribution is -2.68. The Morgan fingerprint density at radius 2 is 2.32 bits per heavy atom. The fourth-order valence-electron chi connectivity index (χ4n) is 3.58. The Morgan fingerprint density at radius 3 is 2.86 bits per heavy atom. The minimum absolute atomic E-state index is 0. The normalized spacial score (nSPS) is 25.8. The van der Waals surface area contributed by atoms with Crippen LogP contribution in [0.15, 0.2) is 22.5 Å². The van der Waals surface area contributed by atoms with Crippen molar-refractivity contribution in [3.05, 3.63) is 22.4 Å². The van der Waals surface area contributed by atoms with Gasteiger partial charge in [0.15, 0.2) is 5.96 Å². The highest BCUT2D eigenvalue weighted by Crippen LogP contribution is 2.57. The molecule has 22 heavy (non-hydrogen) atoms. The predicted molar refractivity (Wildman–Crippen MR) is 103 cm³/mol. The van der Waals surface area contributed by atoms with E-state index in [9.17, 15) is 0 Å². The third kappa shape index (κ3) is 3.43. The largest absolute Gasteiger partial charge is 0.378 e. The van der Waals surface area contributed by atoms with Gasteiger partial charge in [-0.25, -0.2) is 0 Å². The maximum Gasteiger partial charge on any atom is 0.191 e. The van der Waals surface area contributed by atoms with Gasteiger partial charge in [-0.2, -0.15) is 0 Å². The van der Waals surface area contributed by atoms with E-state index in [-0.39, 0.29) is 24.0 Å². The zero-order valence-corrected chi connectivity index (χ0v) is 16.4. The smallest absolute Gasteiger partial charge is 0.191 e. The molecule has 4 nitrogen and oxygen atoms in total. The van der Waals surface area contributed by atoms with Gasteiger partial charge in [-0.05, 0) is 37.6 Å². The maximum absolute atomic E-state index is 5.90. The van der Waals surface area contributed by atoms with Crippen molar-refractivity contribution in [2.45, 2.75) is 51.3 Å². The standard InChI is InChI=1S/C16H25N3OS.HI/c1-3-20-14-10-13(16(14)7-5-8-16)19-15(17-2)18-11-12-6-4-9-21-12;/h4,6,9,13-14H,3,5,7-8,10-11H2,1-2H3,(H2,17,18,19);1H. The number of hydrogen-bond donors (Lipinski definition) is 2. The van der Waals surface area contributed by atoms with E-state index in [4.69, 9.17) is 4.74 Å². The van der Waals surface area contributed by atoms with E-state index in [0.717, 1.165) is 25.5 Å². The molecule has 2 N–H and O–H groups in total. The molecule has 3 rings (SSSR count). The lowest BCUT2D eigenvalue weighted by molar-refractivity contribution is -0.168. The van der Waals surface area contributed by atoms with E-state index in [1.165, 1.54) is 24.1 Å². The van der Waals surface area contributed by atoms with Gasteiger partial charge in [0.05, 0.1) is 12.6 Å². The summed E-state index contributed by atoms with van der Waals surface area (Å²) in [6.45, 7) is 3.76. The Balaban J connectivity index is 0.00000176. The van der Waals surface area contributed by atoms with Crippen LogP contribution in [-0.4, -0.2) is 31.8 Å². The van der Waals surface area contributed by atoms with Crippen molar-refractivity contribution in [3.8, 4) is 0 Å². The van der Waals surface area contributed by atoms with Crippen LogP contribution in [0.1, 0.15) is 37.5 Å². The first-order valence-electron chi connectivity index (χ1n) is 7.89. The average molecular weight is 435 g/mol. The van der Waals surface area contributed by atoms with Crippen LogP contribution in [0.2, 0.25) is 0 Å². The van der Waals surface area contributed by atoms with E-state index in [0.29, 0.717) is 17.6 Å². The van der Waals surface area contributed by atoms with E-state index < -0.39 is 0 Å². The lowest BCUT2D eigenvalue weighted by atomic mass is 9.51. The van der Waals surface area contributed by atoms with Gasteiger partial charge in [0, 0.05) is 30.0 Å². The zero-order valence-electron chi connectivity index (χ0n) is 13.3. The Morgan fingerprint density at radius 1 is 1.50 bits per heavy atom. The van der Waals surface area contributed by atoms with Gasteiger partial charge in [0.25, 0.3) is 0 Å². The Hall–Kier alpha value is -0.340. The molecule has 2 aliphatic carbocycles. The molecular weight excluding hydrogens is 409 g/mol. The summed E-state index contributed by atoms with van der Waals surface area (Å²) in [5, 5.41) is 9.13. The van der Waals surface area contributed by atoms with Crippen molar-refractivity contribution in [3.63, 3.8) is 0 Å². The highest BCUT2D eigenvalue weighted by Gasteiger charge is 2.59. The van der Waals surface area contributed by atoms with Gasteiger partial charge in [-0.3, -0.25) is 4.99 Å². The molecule has 0 aliphatic heterocycles. The summed E-state index contributed by atoms with van der Waals surface area (Å²) in [6, 6.07) is 4.74. The summed E-state index contributed by atoms with van der Waals surface area (Å²) in [4.78, 5) is 5.69. The van der Waals surface area contributed by atoms with Crippen molar-refractivity contribution in [2.24, 2.45) is 10.4 Å². The maximum atomic E-state index is 5.90. The first kappa shape index (κ1) is 18.0. The monoisotopic (exact) mass is 435 g/mol. The predicted octanol–water partition coefficient (Wildman–Crippen LogP) is 3.38. The highest BCUT2D eigenvalue weighted by molar-refractivity contribution is 14.0. The lowest BCUT2D eigenvalue weighted by Gasteiger charge is -2.61. The first-order chi connectivity index (χ1) is 10.3. The summed E-state index contributed by atoms with van der Waals surface area (Å²) in [5.74, 6) is 0.912. The summed E-state index contributed by atoms with van der Waals surface area (Å²) in [6.07, 6.45) is 5.47. The molecular formula is C16H26IN3OS. The second-order valence-electron chi connectivity index (χ2n) is 5.97. The molecule has 1 aromatic heterocycles. The molecule has 2 aliphatic rings. The molecule has 0 amide bonds. The molecule has 2 unspecified atom stereocenters. The number of nitrogens with one attached hydrogen (secondary N) is 2. The number of aliphatic imine (C=N–C) groups is 1. The summed E-state index contributed by atoms with van der Waals surface area (Å²) < 4.78 is 5.90. The van der Waals surface area contributed by atoms with E-state index in [1.807, 2.05) is 7.05 Å². The minimum atomic E-state index is 0.